The van der Waals surface area contributed by atoms with Crippen molar-refractivity contribution in [2.24, 2.45) is 0 Å². The summed E-state index contributed by atoms with van der Waals surface area (Å²) in [6.45, 7) is 0.667. The summed E-state index contributed by atoms with van der Waals surface area (Å²) in [5, 5.41) is 7.44. The van der Waals surface area contributed by atoms with E-state index in [4.69, 9.17) is 11.6 Å². The van der Waals surface area contributed by atoms with Crippen molar-refractivity contribution >= 4 is 17.5 Å². The van der Waals surface area contributed by atoms with Crippen LogP contribution in [0.1, 0.15) is 29.0 Å². The Bertz CT molecular complexity index is 816. The topological polar surface area (TPSA) is 49.0 Å². The normalized spacial score (nSPS) is 11.9. The highest BCUT2D eigenvalue weighted by molar-refractivity contribution is 6.30. The number of aromatic amines is 1. The van der Waals surface area contributed by atoms with E-state index < -0.39 is 0 Å². The number of H-pyrrole nitrogens is 1. The Kier molecular flexibility index (Phi) is 6.08. The molecular formula is C21H22ClN3O. The number of hydrogen-bond donors (Lipinski definition) is 1. The van der Waals surface area contributed by atoms with Gasteiger partial charge >= 0.3 is 0 Å². The van der Waals surface area contributed by atoms with Crippen molar-refractivity contribution in [3.05, 3.63) is 88.7 Å². The van der Waals surface area contributed by atoms with Gasteiger partial charge in [0.25, 0.3) is 0 Å². The van der Waals surface area contributed by atoms with E-state index in [0.717, 1.165) is 23.1 Å². The van der Waals surface area contributed by atoms with Gasteiger partial charge in [-0.15, -0.1) is 0 Å². The zero-order valence-electron chi connectivity index (χ0n) is 14.7. The van der Waals surface area contributed by atoms with Gasteiger partial charge in [0.1, 0.15) is 0 Å². The first-order valence-corrected chi connectivity index (χ1v) is 9.03. The van der Waals surface area contributed by atoms with E-state index in [1.807, 2.05) is 55.7 Å². The van der Waals surface area contributed by atoms with Crippen LogP contribution >= 0.6 is 11.6 Å². The molecular weight excluding hydrogens is 346 g/mol. The molecule has 1 atom stereocenters. The monoisotopic (exact) mass is 367 g/mol. The van der Waals surface area contributed by atoms with E-state index in [1.54, 1.807) is 11.1 Å². The van der Waals surface area contributed by atoms with Gasteiger partial charge in [-0.1, -0.05) is 54.1 Å². The van der Waals surface area contributed by atoms with Gasteiger partial charge < -0.3 is 4.90 Å². The van der Waals surface area contributed by atoms with Crippen LogP contribution in [0.5, 0.6) is 0 Å². The number of hydrogen-bond acceptors (Lipinski definition) is 2. The molecule has 134 valence electrons. The molecule has 0 saturated carbocycles. The molecule has 0 saturated heterocycles. The van der Waals surface area contributed by atoms with Gasteiger partial charge in [0.2, 0.25) is 5.91 Å². The first-order valence-electron chi connectivity index (χ1n) is 8.65. The largest absolute Gasteiger partial charge is 0.345 e. The maximum atomic E-state index is 12.8. The molecule has 1 N–H and O–H groups in total. The zero-order valence-corrected chi connectivity index (χ0v) is 15.5. The maximum Gasteiger partial charge on any atom is 0.223 e. The van der Waals surface area contributed by atoms with E-state index in [2.05, 4.69) is 22.3 Å². The van der Waals surface area contributed by atoms with Crippen LogP contribution in [0.3, 0.4) is 0 Å². The fraction of sp³-hybridized carbons (Fsp3) is 0.238. The number of carbonyl (C=O) groups excluding carboxylic acids is 1. The van der Waals surface area contributed by atoms with E-state index in [9.17, 15) is 4.79 Å². The highest BCUT2D eigenvalue weighted by Gasteiger charge is 2.20. The Morgan fingerprint density at radius 1 is 1.12 bits per heavy atom. The van der Waals surface area contributed by atoms with Crippen LogP contribution in [0.25, 0.3) is 0 Å². The Hall–Kier alpha value is -2.59. The van der Waals surface area contributed by atoms with E-state index in [1.165, 1.54) is 0 Å². The molecule has 3 aromatic rings. The second-order valence-corrected chi connectivity index (χ2v) is 6.83. The van der Waals surface area contributed by atoms with Crippen molar-refractivity contribution in [2.75, 3.05) is 13.6 Å². The highest BCUT2D eigenvalue weighted by Crippen LogP contribution is 2.29. The molecule has 0 spiro atoms. The number of carbonyl (C=O) groups is 1. The lowest BCUT2D eigenvalue weighted by molar-refractivity contribution is -0.130. The molecule has 4 nitrogen and oxygen atoms in total. The molecule has 1 aromatic heterocycles. The first kappa shape index (κ1) is 18.2. The summed E-state index contributed by atoms with van der Waals surface area (Å²) in [7, 11) is 1.85. The predicted molar refractivity (Wildman–Crippen MR) is 104 cm³/mol. The third-order valence-electron chi connectivity index (χ3n) is 4.57. The summed E-state index contributed by atoms with van der Waals surface area (Å²) in [4.78, 5) is 14.6. The van der Waals surface area contributed by atoms with Crippen molar-refractivity contribution < 1.29 is 4.79 Å². The Morgan fingerprint density at radius 3 is 2.46 bits per heavy atom. The van der Waals surface area contributed by atoms with Crippen LogP contribution in [0.2, 0.25) is 5.02 Å². The minimum absolute atomic E-state index is 0.0114. The second kappa shape index (κ2) is 8.68. The minimum atomic E-state index is 0.0114. The number of nitrogens with zero attached hydrogens (tertiary/aromatic N) is 2. The summed E-state index contributed by atoms with van der Waals surface area (Å²) in [5.41, 5.74) is 3.32. The van der Waals surface area contributed by atoms with Crippen LogP contribution in [0, 0.1) is 0 Å². The SMILES string of the molecule is CN(CCc1cn[nH]c1)C(=O)CC(c1ccccc1)c1ccc(Cl)cc1. The first-order chi connectivity index (χ1) is 12.6. The van der Waals surface area contributed by atoms with E-state index >= 15 is 0 Å². The molecule has 1 amide bonds. The fourth-order valence-corrected chi connectivity index (χ4v) is 3.10. The molecule has 1 unspecified atom stereocenters. The number of rotatable bonds is 7. The average Bonchev–Trinajstić information content (AvgIpc) is 3.19. The molecule has 2 aromatic carbocycles. The molecule has 0 radical (unpaired) electrons. The lowest BCUT2D eigenvalue weighted by atomic mass is 9.88. The van der Waals surface area contributed by atoms with Gasteiger partial charge in [0.05, 0.1) is 6.20 Å². The zero-order chi connectivity index (χ0) is 18.4. The third-order valence-corrected chi connectivity index (χ3v) is 4.82. The number of benzene rings is 2. The molecule has 0 aliphatic carbocycles. The number of likely N-dealkylation sites (N-methyl/N-ethyl adjacent to an activating group) is 1. The highest BCUT2D eigenvalue weighted by atomic mass is 35.5. The summed E-state index contributed by atoms with van der Waals surface area (Å²) in [5.74, 6) is 0.134. The molecule has 1 heterocycles. The molecule has 5 heteroatoms. The summed E-state index contributed by atoms with van der Waals surface area (Å²) >= 11 is 6.03. The second-order valence-electron chi connectivity index (χ2n) is 6.39. The van der Waals surface area contributed by atoms with Gasteiger partial charge in [-0.05, 0) is 35.2 Å². The van der Waals surface area contributed by atoms with Crippen molar-refractivity contribution in [1.29, 1.82) is 0 Å². The van der Waals surface area contributed by atoms with Crippen LogP contribution in [-0.2, 0) is 11.2 Å². The average molecular weight is 368 g/mol. The molecule has 0 aliphatic rings. The minimum Gasteiger partial charge on any atom is -0.345 e. The lowest BCUT2D eigenvalue weighted by Crippen LogP contribution is -2.30. The van der Waals surface area contributed by atoms with Gasteiger partial charge in [0, 0.05) is 37.2 Å². The molecule has 0 fully saturated rings. The Morgan fingerprint density at radius 2 is 1.81 bits per heavy atom. The summed E-state index contributed by atoms with van der Waals surface area (Å²) < 4.78 is 0. The van der Waals surface area contributed by atoms with Gasteiger partial charge in [-0.3, -0.25) is 9.89 Å². The van der Waals surface area contributed by atoms with Crippen LogP contribution in [-0.4, -0.2) is 34.6 Å². The van der Waals surface area contributed by atoms with Gasteiger partial charge in [0.15, 0.2) is 0 Å². The number of aromatic nitrogens is 2. The quantitative estimate of drug-likeness (QED) is 0.677. The fourth-order valence-electron chi connectivity index (χ4n) is 2.97. The van der Waals surface area contributed by atoms with Crippen molar-refractivity contribution in [2.45, 2.75) is 18.8 Å². The van der Waals surface area contributed by atoms with E-state index in [-0.39, 0.29) is 11.8 Å². The number of amides is 1. The number of nitrogens with one attached hydrogen (secondary N) is 1. The molecule has 26 heavy (non-hydrogen) atoms. The lowest BCUT2D eigenvalue weighted by Gasteiger charge is -2.22. The van der Waals surface area contributed by atoms with Crippen LogP contribution in [0.15, 0.2) is 67.0 Å². The predicted octanol–water partition coefficient (Wildman–Crippen LogP) is 4.29. The summed E-state index contributed by atoms with van der Waals surface area (Å²) in [6.07, 6.45) is 4.86. The smallest absolute Gasteiger partial charge is 0.223 e. The Labute approximate surface area is 158 Å². The number of halogens is 1. The van der Waals surface area contributed by atoms with Gasteiger partial charge in [-0.25, -0.2) is 0 Å². The molecule has 3 rings (SSSR count). The van der Waals surface area contributed by atoms with Gasteiger partial charge in [-0.2, -0.15) is 5.10 Å². The Balaban J connectivity index is 1.72. The summed E-state index contributed by atoms with van der Waals surface area (Å²) in [6, 6.07) is 17.9. The third kappa shape index (κ3) is 4.73. The standard InChI is InChI=1S/C21H22ClN3O/c1-25(12-11-16-14-23-24-15-16)21(26)13-20(17-5-3-2-4-6-17)18-7-9-19(22)10-8-18/h2-10,14-15,20H,11-13H2,1H3,(H,23,24). The maximum absolute atomic E-state index is 12.8. The van der Waals surface area contributed by atoms with Crippen molar-refractivity contribution in [3.8, 4) is 0 Å². The van der Waals surface area contributed by atoms with Crippen LogP contribution in [0.4, 0.5) is 0 Å². The van der Waals surface area contributed by atoms with Crippen LogP contribution < -0.4 is 0 Å². The van der Waals surface area contributed by atoms with Crippen molar-refractivity contribution in [1.82, 2.24) is 15.1 Å². The molecule has 0 aliphatic heterocycles. The van der Waals surface area contributed by atoms with Crippen molar-refractivity contribution in [3.63, 3.8) is 0 Å². The van der Waals surface area contributed by atoms with E-state index in [0.29, 0.717) is 18.0 Å². The molecule has 0 bridgehead atoms.